The topological polar surface area (TPSA) is 52.6 Å². The van der Waals surface area contributed by atoms with Gasteiger partial charge in [-0.1, -0.05) is 54.1 Å². The summed E-state index contributed by atoms with van der Waals surface area (Å²) < 4.78 is 10.7. The number of ketones is 1. The highest BCUT2D eigenvalue weighted by Gasteiger charge is 2.27. The summed E-state index contributed by atoms with van der Waals surface area (Å²) in [6, 6.07) is 22.1. The number of halogens is 1. The van der Waals surface area contributed by atoms with Crippen molar-refractivity contribution in [2.75, 3.05) is 7.11 Å². The smallest absolute Gasteiger partial charge is 0.340 e. The molecule has 0 amide bonds. The molecule has 0 radical (unpaired) electrons. The van der Waals surface area contributed by atoms with Gasteiger partial charge in [-0.3, -0.25) is 4.79 Å². The Morgan fingerprint density at radius 1 is 0.852 bits per heavy atom. The fourth-order valence-corrected chi connectivity index (χ4v) is 2.82. The lowest BCUT2D eigenvalue weighted by atomic mass is 9.99. The van der Waals surface area contributed by atoms with E-state index >= 15 is 0 Å². The highest BCUT2D eigenvalue weighted by Crippen LogP contribution is 2.26. The van der Waals surface area contributed by atoms with Crippen molar-refractivity contribution >= 4 is 23.4 Å². The van der Waals surface area contributed by atoms with E-state index in [4.69, 9.17) is 21.1 Å². The number of Topliss-reactive ketones (excluding diaryl/α,β-unsaturated/α-hetero) is 1. The standard InChI is InChI=1S/C22H17ClO4/c1-26-17-13-11-15(12-14-17)20(24)21(16-7-3-2-4-8-16)27-22(25)18-9-5-6-10-19(18)23/h2-14,21H,1H3/t21-/m0/s1. The van der Waals surface area contributed by atoms with Gasteiger partial charge in [-0.25, -0.2) is 4.79 Å². The van der Waals surface area contributed by atoms with Crippen LogP contribution in [0.2, 0.25) is 5.02 Å². The number of ether oxygens (including phenoxy) is 2. The normalized spacial score (nSPS) is 11.5. The molecule has 0 aliphatic carbocycles. The molecule has 0 aromatic heterocycles. The summed E-state index contributed by atoms with van der Waals surface area (Å²) in [6.45, 7) is 0. The predicted octanol–water partition coefficient (Wildman–Crippen LogP) is 5.13. The Morgan fingerprint density at radius 3 is 2.11 bits per heavy atom. The van der Waals surface area contributed by atoms with E-state index in [1.54, 1.807) is 79.9 Å². The van der Waals surface area contributed by atoms with Crippen LogP contribution in [-0.2, 0) is 4.74 Å². The van der Waals surface area contributed by atoms with E-state index < -0.39 is 12.1 Å². The molecule has 1 atom stereocenters. The van der Waals surface area contributed by atoms with Gasteiger partial charge in [0.15, 0.2) is 6.10 Å². The fourth-order valence-electron chi connectivity index (χ4n) is 2.60. The summed E-state index contributed by atoms with van der Waals surface area (Å²) in [5.74, 6) is -0.351. The number of methoxy groups -OCH3 is 1. The first-order valence-electron chi connectivity index (χ1n) is 8.29. The third-order valence-electron chi connectivity index (χ3n) is 4.03. The highest BCUT2D eigenvalue weighted by molar-refractivity contribution is 6.33. The van der Waals surface area contributed by atoms with Crippen LogP contribution in [-0.4, -0.2) is 18.9 Å². The SMILES string of the molecule is COc1ccc(C(=O)[C@@H](OC(=O)c2ccccc2Cl)c2ccccc2)cc1. The third kappa shape index (κ3) is 4.36. The van der Waals surface area contributed by atoms with Crippen molar-refractivity contribution in [2.24, 2.45) is 0 Å². The number of hydrogen-bond acceptors (Lipinski definition) is 4. The summed E-state index contributed by atoms with van der Waals surface area (Å²) >= 11 is 6.08. The van der Waals surface area contributed by atoms with E-state index in [0.29, 0.717) is 16.9 Å². The molecule has 0 fully saturated rings. The fraction of sp³-hybridized carbons (Fsp3) is 0.0909. The maximum Gasteiger partial charge on any atom is 0.340 e. The first kappa shape index (κ1) is 18.7. The maximum absolute atomic E-state index is 13.0. The molecule has 3 aromatic carbocycles. The van der Waals surface area contributed by atoms with Crippen molar-refractivity contribution < 1.29 is 19.1 Å². The quantitative estimate of drug-likeness (QED) is 0.439. The molecular weight excluding hydrogens is 364 g/mol. The van der Waals surface area contributed by atoms with Crippen LogP contribution in [0.5, 0.6) is 5.75 Å². The van der Waals surface area contributed by atoms with Crippen molar-refractivity contribution in [2.45, 2.75) is 6.10 Å². The number of carbonyl (C=O) groups excluding carboxylic acids is 2. The summed E-state index contributed by atoms with van der Waals surface area (Å²) in [5, 5.41) is 0.270. The van der Waals surface area contributed by atoms with Crippen molar-refractivity contribution in [1.82, 2.24) is 0 Å². The Hall–Kier alpha value is -3.11. The number of esters is 1. The van der Waals surface area contributed by atoms with Crippen LogP contribution in [0, 0.1) is 0 Å². The summed E-state index contributed by atoms with van der Waals surface area (Å²) in [6.07, 6.45) is -1.08. The minimum Gasteiger partial charge on any atom is -0.497 e. The van der Waals surface area contributed by atoms with Crippen LogP contribution < -0.4 is 4.74 Å². The molecule has 0 saturated carbocycles. The predicted molar refractivity (Wildman–Crippen MR) is 103 cm³/mol. The maximum atomic E-state index is 13.0. The van der Waals surface area contributed by atoms with E-state index in [-0.39, 0.29) is 16.4 Å². The summed E-state index contributed by atoms with van der Waals surface area (Å²) in [7, 11) is 1.55. The number of hydrogen-bond donors (Lipinski definition) is 0. The first-order chi connectivity index (χ1) is 13.1. The second kappa shape index (κ2) is 8.52. The molecule has 0 aliphatic rings. The zero-order chi connectivity index (χ0) is 19.2. The van der Waals surface area contributed by atoms with Gasteiger partial charge in [0.1, 0.15) is 5.75 Å². The molecule has 27 heavy (non-hydrogen) atoms. The van der Waals surface area contributed by atoms with E-state index in [1.807, 2.05) is 6.07 Å². The molecule has 5 heteroatoms. The van der Waals surface area contributed by atoms with Crippen LogP contribution >= 0.6 is 11.6 Å². The van der Waals surface area contributed by atoms with E-state index in [9.17, 15) is 9.59 Å². The Morgan fingerprint density at radius 2 is 1.48 bits per heavy atom. The Labute approximate surface area is 162 Å². The average molecular weight is 381 g/mol. The third-order valence-corrected chi connectivity index (χ3v) is 4.36. The molecule has 3 rings (SSSR count). The highest BCUT2D eigenvalue weighted by atomic mass is 35.5. The Balaban J connectivity index is 1.92. The van der Waals surface area contributed by atoms with Crippen molar-refractivity contribution in [1.29, 1.82) is 0 Å². The van der Waals surface area contributed by atoms with Crippen LogP contribution in [0.25, 0.3) is 0 Å². The second-order valence-electron chi connectivity index (χ2n) is 5.77. The van der Waals surface area contributed by atoms with Crippen LogP contribution in [0.3, 0.4) is 0 Å². The van der Waals surface area contributed by atoms with Gasteiger partial charge in [0.05, 0.1) is 17.7 Å². The zero-order valence-electron chi connectivity index (χ0n) is 14.6. The van der Waals surface area contributed by atoms with Crippen molar-refractivity contribution in [3.8, 4) is 5.75 Å². The molecule has 0 unspecified atom stereocenters. The monoisotopic (exact) mass is 380 g/mol. The molecule has 3 aromatic rings. The first-order valence-corrected chi connectivity index (χ1v) is 8.66. The molecule has 0 saturated heterocycles. The van der Waals surface area contributed by atoms with Gasteiger partial charge >= 0.3 is 5.97 Å². The minimum atomic E-state index is -1.08. The van der Waals surface area contributed by atoms with Gasteiger partial charge in [-0.05, 0) is 36.4 Å². The summed E-state index contributed by atoms with van der Waals surface area (Å²) in [5.41, 5.74) is 1.21. The zero-order valence-corrected chi connectivity index (χ0v) is 15.3. The molecule has 0 N–H and O–H groups in total. The molecule has 0 heterocycles. The van der Waals surface area contributed by atoms with Gasteiger partial charge in [0.25, 0.3) is 0 Å². The lowest BCUT2D eigenvalue weighted by molar-refractivity contribution is 0.0280. The van der Waals surface area contributed by atoms with Gasteiger partial charge in [0, 0.05) is 11.1 Å². The molecular formula is C22H17ClO4. The van der Waals surface area contributed by atoms with Gasteiger partial charge in [-0.15, -0.1) is 0 Å². The Bertz CT molecular complexity index is 936. The molecule has 0 bridgehead atoms. The largest absolute Gasteiger partial charge is 0.497 e. The lowest BCUT2D eigenvalue weighted by Gasteiger charge is -2.18. The van der Waals surface area contributed by atoms with Gasteiger partial charge < -0.3 is 9.47 Å². The molecule has 0 spiro atoms. The summed E-state index contributed by atoms with van der Waals surface area (Å²) in [4.78, 5) is 25.7. The average Bonchev–Trinajstić information content (AvgIpc) is 2.72. The molecule has 4 nitrogen and oxygen atoms in total. The molecule has 0 aliphatic heterocycles. The Kier molecular flexibility index (Phi) is 5.89. The number of carbonyl (C=O) groups is 2. The number of benzene rings is 3. The van der Waals surface area contributed by atoms with E-state index in [0.717, 1.165) is 0 Å². The molecule has 136 valence electrons. The van der Waals surface area contributed by atoms with E-state index in [1.165, 1.54) is 0 Å². The second-order valence-corrected chi connectivity index (χ2v) is 6.18. The van der Waals surface area contributed by atoms with Crippen molar-refractivity contribution in [3.05, 3.63) is 101 Å². The van der Waals surface area contributed by atoms with Gasteiger partial charge in [-0.2, -0.15) is 0 Å². The number of rotatable bonds is 6. The van der Waals surface area contributed by atoms with Gasteiger partial charge in [0.2, 0.25) is 5.78 Å². The van der Waals surface area contributed by atoms with E-state index in [2.05, 4.69) is 0 Å². The van der Waals surface area contributed by atoms with Crippen LogP contribution in [0.1, 0.15) is 32.4 Å². The van der Waals surface area contributed by atoms with Crippen LogP contribution in [0.15, 0.2) is 78.9 Å². The van der Waals surface area contributed by atoms with Crippen molar-refractivity contribution in [3.63, 3.8) is 0 Å². The minimum absolute atomic E-state index is 0.211. The lowest BCUT2D eigenvalue weighted by Crippen LogP contribution is -2.20. The van der Waals surface area contributed by atoms with Crippen LogP contribution in [0.4, 0.5) is 0 Å².